The maximum absolute atomic E-state index is 11.1. The third-order valence-corrected chi connectivity index (χ3v) is 8.18. The molecule has 0 radical (unpaired) electrons. The SMILES string of the molecule is C=C(O)CNCc1ccc(C(C)C)cc1.C=P(O)(O)Cc1ccc(C(C)C)cc1.C=S(=O)(O)c1ccc(C(C)C)cc1. The number of hydrogen-bond acceptors (Lipinski definition) is 5. The molecule has 0 aliphatic heterocycles. The highest BCUT2D eigenvalue weighted by atomic mass is 32.2. The minimum atomic E-state index is -3.05. The molecule has 0 amide bonds. The summed E-state index contributed by atoms with van der Waals surface area (Å²) < 4.78 is 20.2. The molecule has 3 rings (SSSR count). The van der Waals surface area contributed by atoms with Crippen molar-refractivity contribution in [3.63, 3.8) is 0 Å². The molecular weight excluding hydrogens is 565 g/mol. The van der Waals surface area contributed by atoms with E-state index < -0.39 is 17.1 Å². The Labute approximate surface area is 254 Å². The summed E-state index contributed by atoms with van der Waals surface area (Å²) >= 11 is 0. The Balaban J connectivity index is 0.000000316. The van der Waals surface area contributed by atoms with E-state index in [4.69, 9.17) is 9.66 Å². The third-order valence-electron chi connectivity index (χ3n) is 6.30. The number of hydrogen-bond donors (Lipinski definition) is 5. The Bertz CT molecular complexity index is 1370. The molecule has 3 aromatic carbocycles. The summed E-state index contributed by atoms with van der Waals surface area (Å²) in [5.74, 6) is 4.89. The lowest BCUT2D eigenvalue weighted by Crippen LogP contribution is -2.15. The molecule has 1 atom stereocenters. The second-order valence-electron chi connectivity index (χ2n) is 11.4. The molecule has 0 bridgehead atoms. The number of aliphatic hydroxyl groups is 1. The van der Waals surface area contributed by atoms with Gasteiger partial charge in [0.1, 0.15) is 17.1 Å². The molecule has 8 heteroatoms. The molecule has 0 heterocycles. The molecule has 232 valence electrons. The van der Waals surface area contributed by atoms with Crippen LogP contribution in [0.25, 0.3) is 0 Å². The average Bonchev–Trinajstić information content (AvgIpc) is 2.88. The first-order valence-corrected chi connectivity index (χ1v) is 17.8. The van der Waals surface area contributed by atoms with E-state index in [0.717, 1.165) is 17.7 Å². The largest absolute Gasteiger partial charge is 0.512 e. The Morgan fingerprint density at radius 1 is 0.762 bits per heavy atom. The molecule has 0 saturated carbocycles. The van der Waals surface area contributed by atoms with Crippen LogP contribution in [0.4, 0.5) is 0 Å². The number of nitrogens with one attached hydrogen (secondary N) is 1. The van der Waals surface area contributed by atoms with Crippen molar-refractivity contribution in [2.45, 2.75) is 76.9 Å². The molecule has 5 N–H and O–H groups in total. The summed E-state index contributed by atoms with van der Waals surface area (Å²) in [6.45, 7) is 17.4. The third kappa shape index (κ3) is 15.5. The lowest BCUT2D eigenvalue weighted by Gasteiger charge is -2.11. The van der Waals surface area contributed by atoms with E-state index in [1.807, 2.05) is 36.4 Å². The van der Waals surface area contributed by atoms with Crippen molar-refractivity contribution in [2.24, 2.45) is 0 Å². The number of aliphatic hydroxyl groups excluding tert-OH is 1. The van der Waals surface area contributed by atoms with Gasteiger partial charge in [-0.15, -0.1) is 0 Å². The van der Waals surface area contributed by atoms with Crippen molar-refractivity contribution >= 4 is 29.3 Å². The van der Waals surface area contributed by atoms with Crippen molar-refractivity contribution in [2.75, 3.05) is 6.54 Å². The predicted octanol–water partition coefficient (Wildman–Crippen LogP) is 7.90. The van der Waals surface area contributed by atoms with Gasteiger partial charge in [0.2, 0.25) is 0 Å². The van der Waals surface area contributed by atoms with Crippen molar-refractivity contribution in [1.82, 2.24) is 5.32 Å². The van der Waals surface area contributed by atoms with Crippen LogP contribution in [-0.4, -0.2) is 42.4 Å². The summed E-state index contributed by atoms with van der Waals surface area (Å²) in [6, 6.07) is 23.5. The molecule has 42 heavy (non-hydrogen) atoms. The molecule has 0 fully saturated rings. The van der Waals surface area contributed by atoms with Gasteiger partial charge < -0.3 is 24.8 Å². The van der Waals surface area contributed by atoms with Gasteiger partial charge in [0, 0.05) is 12.7 Å². The molecule has 0 aliphatic rings. The second-order valence-corrected chi connectivity index (χ2v) is 15.2. The summed E-state index contributed by atoms with van der Waals surface area (Å²) in [4.78, 5) is 18.8. The topological polar surface area (TPSA) is 110 Å². The van der Waals surface area contributed by atoms with Crippen LogP contribution in [0, 0.1) is 0 Å². The maximum atomic E-state index is 11.1. The van der Waals surface area contributed by atoms with E-state index in [9.17, 15) is 14.0 Å². The van der Waals surface area contributed by atoms with Crippen molar-refractivity contribution in [1.29, 1.82) is 0 Å². The zero-order valence-electron chi connectivity index (χ0n) is 26.0. The molecule has 6 nitrogen and oxygen atoms in total. The Hall–Kier alpha value is -2.64. The van der Waals surface area contributed by atoms with Crippen molar-refractivity contribution < 1.29 is 23.7 Å². The Kier molecular flexibility index (Phi) is 15.6. The minimum Gasteiger partial charge on any atom is -0.512 e. The van der Waals surface area contributed by atoms with Gasteiger partial charge in [-0.05, 0) is 63.6 Å². The van der Waals surface area contributed by atoms with Crippen LogP contribution in [0.1, 0.15) is 87.1 Å². The van der Waals surface area contributed by atoms with E-state index in [-0.39, 0.29) is 11.9 Å². The highest BCUT2D eigenvalue weighted by molar-refractivity contribution is 7.95. The van der Waals surface area contributed by atoms with E-state index >= 15 is 0 Å². The van der Waals surface area contributed by atoms with Crippen molar-refractivity contribution in [3.05, 3.63) is 113 Å². The fourth-order valence-corrected chi connectivity index (χ4v) is 5.09. The quantitative estimate of drug-likeness (QED) is 0.0901. The lowest BCUT2D eigenvalue weighted by atomic mass is 10.0. The van der Waals surface area contributed by atoms with Gasteiger partial charge >= 0.3 is 0 Å². The Morgan fingerprint density at radius 3 is 1.43 bits per heavy atom. The summed E-state index contributed by atoms with van der Waals surface area (Å²) in [5, 5.41) is 12.0. The van der Waals surface area contributed by atoms with Crippen LogP contribution in [0.3, 0.4) is 0 Å². The first kappa shape index (κ1) is 37.4. The summed E-state index contributed by atoms with van der Waals surface area (Å²) in [6.07, 6.45) is 3.61. The first-order chi connectivity index (χ1) is 19.4. The van der Waals surface area contributed by atoms with Gasteiger partial charge in [0.25, 0.3) is 0 Å². The molecule has 0 spiro atoms. The van der Waals surface area contributed by atoms with Gasteiger partial charge in [-0.1, -0.05) is 115 Å². The van der Waals surface area contributed by atoms with Crippen LogP contribution in [0.5, 0.6) is 0 Å². The van der Waals surface area contributed by atoms with Gasteiger partial charge in [0.15, 0.2) is 0 Å². The van der Waals surface area contributed by atoms with Gasteiger partial charge in [-0.2, -0.15) is 0 Å². The van der Waals surface area contributed by atoms with E-state index in [2.05, 4.69) is 89.9 Å². The fraction of sp³-hybridized carbons (Fsp3) is 0.353. The highest BCUT2D eigenvalue weighted by Crippen LogP contribution is 2.38. The van der Waals surface area contributed by atoms with E-state index in [1.54, 1.807) is 12.1 Å². The highest BCUT2D eigenvalue weighted by Gasteiger charge is 2.07. The van der Waals surface area contributed by atoms with Gasteiger partial charge in [-0.25, -0.2) is 4.21 Å². The van der Waals surface area contributed by atoms with Crippen molar-refractivity contribution in [3.8, 4) is 0 Å². The van der Waals surface area contributed by atoms with Gasteiger partial charge in [0.05, 0.1) is 17.2 Å². The monoisotopic (exact) mass is 615 g/mol. The van der Waals surface area contributed by atoms with Crippen LogP contribution in [-0.2, 0) is 22.5 Å². The molecule has 0 saturated heterocycles. The molecular formula is C34H50NO5PS. The fourth-order valence-electron chi connectivity index (χ4n) is 3.74. The normalized spacial score (nSPS) is 12.7. The average molecular weight is 616 g/mol. The summed E-state index contributed by atoms with van der Waals surface area (Å²) in [7, 11) is -5.97. The first-order valence-electron chi connectivity index (χ1n) is 14.0. The van der Waals surface area contributed by atoms with E-state index in [1.165, 1.54) is 16.7 Å². The Morgan fingerprint density at radius 2 is 1.12 bits per heavy atom. The zero-order chi connectivity index (χ0) is 32.1. The van der Waals surface area contributed by atoms with Crippen LogP contribution in [0.2, 0.25) is 0 Å². The second kappa shape index (κ2) is 17.5. The predicted molar refractivity (Wildman–Crippen MR) is 183 cm³/mol. The number of rotatable bonds is 10. The minimum absolute atomic E-state index is 0.175. The smallest absolute Gasteiger partial charge is 0.116 e. The standard InChI is InChI=1S/C13H19NO.C11H17O2P.C10H14O2S/c1-10(2)13-6-4-12(5-7-13)9-14-8-11(3)15;1-9(2)11-6-4-10(5-7-11)8-14(3,12)13;1-8(2)9-4-6-10(7-5-9)13(3,11)12/h4-7,10,14-15H,3,8-9H2,1-2H3;4-7,9,12-13H,3,8H2,1-2H3;4-8H,3H2,1-2H3,(H,11,12). The van der Waals surface area contributed by atoms with Crippen LogP contribution >= 0.6 is 7.34 Å². The van der Waals surface area contributed by atoms with Crippen LogP contribution < -0.4 is 5.32 Å². The van der Waals surface area contributed by atoms with Gasteiger partial charge in [-0.3, -0.25) is 0 Å². The van der Waals surface area contributed by atoms with Crippen LogP contribution in [0.15, 0.2) is 90.0 Å². The lowest BCUT2D eigenvalue weighted by molar-refractivity contribution is 0.391. The summed E-state index contributed by atoms with van der Waals surface area (Å²) in [5.41, 5.74) is 5.93. The molecule has 0 aromatic heterocycles. The molecule has 1 unspecified atom stereocenters. The van der Waals surface area contributed by atoms with E-state index in [0.29, 0.717) is 29.2 Å². The number of benzene rings is 3. The maximum Gasteiger partial charge on any atom is 0.116 e. The zero-order valence-corrected chi connectivity index (χ0v) is 27.7. The molecule has 0 aliphatic carbocycles. The molecule has 3 aromatic rings.